The lowest BCUT2D eigenvalue weighted by Crippen LogP contribution is -2.31. The number of allylic oxidation sites excluding steroid dienone is 1. The van der Waals surface area contributed by atoms with Crippen molar-refractivity contribution in [1.82, 2.24) is 14.8 Å². The second-order valence-corrected chi connectivity index (χ2v) is 8.31. The molecular weight excluding hydrogens is 422 g/mol. The molecule has 0 aliphatic carbocycles. The third-order valence-electron chi connectivity index (χ3n) is 5.29. The molecule has 1 aliphatic rings. The predicted molar refractivity (Wildman–Crippen MR) is 126 cm³/mol. The second kappa shape index (κ2) is 8.32. The van der Waals surface area contributed by atoms with Crippen molar-refractivity contribution in [3.05, 3.63) is 88.3 Å². The number of ether oxygens (including phenoxy) is 1. The van der Waals surface area contributed by atoms with E-state index in [0.717, 1.165) is 27.6 Å². The minimum absolute atomic E-state index is 0.174. The van der Waals surface area contributed by atoms with Crippen LogP contribution < -0.4 is 15.4 Å². The maximum atomic E-state index is 13.4. The summed E-state index contributed by atoms with van der Waals surface area (Å²) in [5.74, 6) is 1.77. The monoisotopic (exact) mass is 443 g/mol. The van der Waals surface area contributed by atoms with Gasteiger partial charge in [0.1, 0.15) is 11.8 Å². The van der Waals surface area contributed by atoms with Gasteiger partial charge in [0.2, 0.25) is 5.95 Å². The van der Waals surface area contributed by atoms with Gasteiger partial charge in [-0.1, -0.05) is 24.3 Å². The van der Waals surface area contributed by atoms with E-state index in [1.807, 2.05) is 79.0 Å². The van der Waals surface area contributed by atoms with Crippen molar-refractivity contribution in [2.45, 2.75) is 13.0 Å². The average molecular weight is 444 g/mol. The number of nitrogens with one attached hydrogen (secondary N) is 2. The Morgan fingerprint density at radius 2 is 1.88 bits per heavy atom. The van der Waals surface area contributed by atoms with Gasteiger partial charge < -0.3 is 15.4 Å². The molecular formula is C24H21N5O2S. The van der Waals surface area contributed by atoms with Gasteiger partial charge in [0.25, 0.3) is 5.91 Å². The molecule has 2 aromatic heterocycles. The van der Waals surface area contributed by atoms with Crippen molar-refractivity contribution in [2.24, 2.45) is 0 Å². The summed E-state index contributed by atoms with van der Waals surface area (Å²) in [4.78, 5) is 19.1. The summed E-state index contributed by atoms with van der Waals surface area (Å²) in [6.45, 7) is 1.89. The molecule has 1 amide bonds. The molecule has 5 rings (SSSR count). The number of fused-ring (bicyclic) bond motifs is 1. The molecule has 2 aromatic carbocycles. The van der Waals surface area contributed by atoms with Crippen LogP contribution >= 0.6 is 11.3 Å². The van der Waals surface area contributed by atoms with Gasteiger partial charge in [0, 0.05) is 21.8 Å². The number of para-hydroxylation sites is 1. The number of methoxy groups -OCH3 is 1. The van der Waals surface area contributed by atoms with Crippen LogP contribution in [-0.4, -0.2) is 27.8 Å². The number of rotatable bonds is 5. The number of amides is 1. The topological polar surface area (TPSA) is 81.1 Å². The standard InChI is InChI=1S/C24H21N5O2S/c1-15-20(23(30)26-17-7-4-3-5-8-17)21(19-9-6-14-32-19)29-24(25-15)27-22(28-29)16-10-12-18(31-2)13-11-16/h3-14,21H,1-2H3,(H,26,30)(H,25,27,28). The van der Waals surface area contributed by atoms with Crippen molar-refractivity contribution in [3.63, 3.8) is 0 Å². The molecule has 2 N–H and O–H groups in total. The Morgan fingerprint density at radius 3 is 2.56 bits per heavy atom. The quantitative estimate of drug-likeness (QED) is 0.457. The largest absolute Gasteiger partial charge is 0.497 e. The Balaban J connectivity index is 1.55. The summed E-state index contributed by atoms with van der Waals surface area (Å²) in [6, 6.07) is 20.6. The summed E-state index contributed by atoms with van der Waals surface area (Å²) >= 11 is 1.59. The summed E-state index contributed by atoms with van der Waals surface area (Å²) < 4.78 is 7.04. The molecule has 0 saturated heterocycles. The first kappa shape index (κ1) is 20.0. The van der Waals surface area contributed by atoms with E-state index in [1.54, 1.807) is 23.1 Å². The first-order valence-corrected chi connectivity index (χ1v) is 11.0. The zero-order valence-electron chi connectivity index (χ0n) is 17.6. The van der Waals surface area contributed by atoms with Crippen LogP contribution in [0.1, 0.15) is 17.8 Å². The molecule has 0 saturated carbocycles. The van der Waals surface area contributed by atoms with Gasteiger partial charge in [-0.15, -0.1) is 16.4 Å². The molecule has 160 valence electrons. The summed E-state index contributed by atoms with van der Waals surface area (Å²) in [5, 5.41) is 13.1. The van der Waals surface area contributed by atoms with E-state index in [-0.39, 0.29) is 11.9 Å². The lowest BCUT2D eigenvalue weighted by atomic mass is 10.0. The van der Waals surface area contributed by atoms with Gasteiger partial charge in [0.15, 0.2) is 5.82 Å². The van der Waals surface area contributed by atoms with Crippen LogP contribution in [0.5, 0.6) is 5.75 Å². The lowest BCUT2D eigenvalue weighted by molar-refractivity contribution is -0.113. The zero-order valence-corrected chi connectivity index (χ0v) is 18.4. The van der Waals surface area contributed by atoms with Gasteiger partial charge >= 0.3 is 0 Å². The fourth-order valence-electron chi connectivity index (χ4n) is 3.74. The van der Waals surface area contributed by atoms with Gasteiger partial charge in [-0.2, -0.15) is 4.98 Å². The Hall–Kier alpha value is -3.91. The van der Waals surface area contributed by atoms with Crippen molar-refractivity contribution < 1.29 is 9.53 Å². The highest BCUT2D eigenvalue weighted by molar-refractivity contribution is 7.10. The van der Waals surface area contributed by atoms with Crippen molar-refractivity contribution in [1.29, 1.82) is 0 Å². The lowest BCUT2D eigenvalue weighted by Gasteiger charge is -2.27. The molecule has 0 bridgehead atoms. The zero-order chi connectivity index (χ0) is 22.1. The predicted octanol–water partition coefficient (Wildman–Crippen LogP) is 4.94. The SMILES string of the molecule is COc1ccc(-c2nc3n(n2)C(c2cccs2)C(C(=O)Nc2ccccc2)=C(C)N3)cc1. The number of nitrogens with zero attached hydrogens (tertiary/aromatic N) is 3. The number of aromatic nitrogens is 3. The number of hydrogen-bond acceptors (Lipinski definition) is 6. The molecule has 0 radical (unpaired) electrons. The van der Waals surface area contributed by atoms with Crippen LogP contribution in [0.15, 0.2) is 83.4 Å². The first-order valence-electron chi connectivity index (χ1n) is 10.1. The highest BCUT2D eigenvalue weighted by Crippen LogP contribution is 2.38. The average Bonchev–Trinajstić information content (AvgIpc) is 3.49. The molecule has 0 fully saturated rings. The van der Waals surface area contributed by atoms with Gasteiger partial charge in [-0.05, 0) is 54.8 Å². The smallest absolute Gasteiger partial charge is 0.255 e. The molecule has 1 aliphatic heterocycles. The maximum Gasteiger partial charge on any atom is 0.255 e. The van der Waals surface area contributed by atoms with Gasteiger partial charge in [0.05, 0.1) is 12.7 Å². The minimum Gasteiger partial charge on any atom is -0.497 e. The third kappa shape index (κ3) is 3.65. The second-order valence-electron chi connectivity index (χ2n) is 7.33. The van der Waals surface area contributed by atoms with Crippen molar-refractivity contribution in [2.75, 3.05) is 17.7 Å². The normalized spacial score (nSPS) is 15.1. The molecule has 32 heavy (non-hydrogen) atoms. The Morgan fingerprint density at radius 1 is 1.09 bits per heavy atom. The number of thiophene rings is 1. The number of carbonyl (C=O) groups excluding carboxylic acids is 1. The minimum atomic E-state index is -0.380. The van der Waals surface area contributed by atoms with Crippen LogP contribution in [0.4, 0.5) is 11.6 Å². The summed E-state index contributed by atoms with van der Waals surface area (Å²) in [7, 11) is 1.63. The van der Waals surface area contributed by atoms with Crippen LogP contribution in [-0.2, 0) is 4.79 Å². The fourth-order valence-corrected chi connectivity index (χ4v) is 4.56. The van der Waals surface area contributed by atoms with E-state index in [9.17, 15) is 4.79 Å². The molecule has 0 spiro atoms. The van der Waals surface area contributed by atoms with Gasteiger partial charge in [-0.3, -0.25) is 4.79 Å². The number of hydrogen-bond donors (Lipinski definition) is 2. The van der Waals surface area contributed by atoms with E-state index in [1.165, 1.54) is 0 Å². The Bertz CT molecular complexity index is 1280. The molecule has 1 atom stereocenters. The number of benzene rings is 2. The van der Waals surface area contributed by atoms with Crippen LogP contribution in [0.2, 0.25) is 0 Å². The van der Waals surface area contributed by atoms with Crippen LogP contribution in [0, 0.1) is 0 Å². The molecule has 7 nitrogen and oxygen atoms in total. The highest BCUT2D eigenvalue weighted by atomic mass is 32.1. The number of anilines is 2. The van der Waals surface area contributed by atoms with Crippen LogP contribution in [0.25, 0.3) is 11.4 Å². The van der Waals surface area contributed by atoms with E-state index < -0.39 is 0 Å². The first-order chi connectivity index (χ1) is 15.6. The Labute approximate surface area is 189 Å². The third-order valence-corrected chi connectivity index (χ3v) is 6.21. The van der Waals surface area contributed by atoms with Crippen molar-refractivity contribution in [3.8, 4) is 17.1 Å². The van der Waals surface area contributed by atoms with E-state index in [2.05, 4.69) is 10.6 Å². The summed E-state index contributed by atoms with van der Waals surface area (Å²) in [5.41, 5.74) is 2.96. The number of carbonyl (C=O) groups is 1. The molecule has 1 unspecified atom stereocenters. The summed E-state index contributed by atoms with van der Waals surface area (Å²) in [6.07, 6.45) is 0. The molecule has 8 heteroatoms. The molecule has 3 heterocycles. The Kier molecular flexibility index (Phi) is 5.20. The molecule has 4 aromatic rings. The van der Waals surface area contributed by atoms with E-state index >= 15 is 0 Å². The van der Waals surface area contributed by atoms with E-state index in [0.29, 0.717) is 17.3 Å². The maximum absolute atomic E-state index is 13.4. The fraction of sp³-hybridized carbons (Fsp3) is 0.125. The van der Waals surface area contributed by atoms with E-state index in [4.69, 9.17) is 14.8 Å². The highest BCUT2D eigenvalue weighted by Gasteiger charge is 2.35. The van der Waals surface area contributed by atoms with Crippen LogP contribution in [0.3, 0.4) is 0 Å². The van der Waals surface area contributed by atoms with Crippen molar-refractivity contribution >= 4 is 28.9 Å². The van der Waals surface area contributed by atoms with Gasteiger partial charge in [-0.25, -0.2) is 4.68 Å².